The van der Waals surface area contributed by atoms with Crippen molar-refractivity contribution < 1.29 is 28.6 Å². The molecule has 200 valence electrons. The summed E-state index contributed by atoms with van der Waals surface area (Å²) in [6, 6.07) is -0.132. The van der Waals surface area contributed by atoms with Crippen molar-refractivity contribution in [2.24, 2.45) is 10.8 Å². The molecule has 35 heavy (non-hydrogen) atoms. The minimum atomic E-state index is -0.828. The van der Waals surface area contributed by atoms with E-state index in [1.54, 1.807) is 13.8 Å². The van der Waals surface area contributed by atoms with Crippen LogP contribution >= 0.6 is 0 Å². The van der Waals surface area contributed by atoms with Crippen molar-refractivity contribution in [3.8, 4) is 0 Å². The van der Waals surface area contributed by atoms with Crippen LogP contribution in [0.25, 0.3) is 0 Å². The number of ether oxygens (including phenoxy) is 3. The summed E-state index contributed by atoms with van der Waals surface area (Å²) in [5, 5.41) is 6.07. The molecule has 2 amide bonds. The first-order valence-electron chi connectivity index (χ1n) is 13.6. The van der Waals surface area contributed by atoms with Gasteiger partial charge in [0.2, 0.25) is 11.8 Å². The molecule has 2 N–H and O–H groups in total. The average molecular weight is 495 g/mol. The zero-order valence-corrected chi connectivity index (χ0v) is 22.4. The Bertz CT molecular complexity index is 761. The molecule has 0 aromatic carbocycles. The minimum Gasteiger partial charge on any atom is -0.460 e. The average Bonchev–Trinajstić information content (AvgIpc) is 2.76. The van der Waals surface area contributed by atoms with Gasteiger partial charge in [0.25, 0.3) is 0 Å². The van der Waals surface area contributed by atoms with Crippen molar-refractivity contribution >= 4 is 17.8 Å². The number of unbranched alkanes of at least 4 members (excludes halogenated alkanes) is 1. The molecule has 0 aromatic heterocycles. The van der Waals surface area contributed by atoms with E-state index in [2.05, 4.69) is 17.6 Å². The third kappa shape index (κ3) is 7.19. The highest BCUT2D eigenvalue weighted by molar-refractivity contribution is 5.84. The first-order valence-corrected chi connectivity index (χ1v) is 13.6. The van der Waals surface area contributed by atoms with E-state index in [0.29, 0.717) is 6.61 Å². The zero-order valence-electron chi connectivity index (χ0n) is 22.4. The van der Waals surface area contributed by atoms with Crippen molar-refractivity contribution in [2.45, 2.75) is 129 Å². The molecule has 3 rings (SSSR count). The highest BCUT2D eigenvalue weighted by Gasteiger charge is 2.46. The van der Waals surface area contributed by atoms with Crippen LogP contribution in [0.1, 0.15) is 105 Å². The van der Waals surface area contributed by atoms with Crippen LogP contribution in [0.3, 0.4) is 0 Å². The van der Waals surface area contributed by atoms with Gasteiger partial charge in [-0.1, -0.05) is 46.5 Å². The molecule has 0 spiro atoms. The molecule has 3 atom stereocenters. The molecule has 0 bridgehead atoms. The van der Waals surface area contributed by atoms with E-state index in [1.165, 1.54) is 0 Å². The largest absolute Gasteiger partial charge is 0.460 e. The Balaban J connectivity index is 1.46. The summed E-state index contributed by atoms with van der Waals surface area (Å²) in [6.45, 7) is 10.2. The van der Waals surface area contributed by atoms with Crippen LogP contribution < -0.4 is 10.6 Å². The third-order valence-electron chi connectivity index (χ3n) is 7.87. The SMILES string of the molecule is CCCCC1(C(=O)NC2CCCCC2OC(=O)CCNC(=O)C2OC(C)(C)OCC2(C)C)CCC1. The Hall–Kier alpha value is -1.67. The molecule has 3 aliphatic rings. The van der Waals surface area contributed by atoms with Crippen molar-refractivity contribution in [1.29, 1.82) is 0 Å². The van der Waals surface area contributed by atoms with E-state index >= 15 is 0 Å². The van der Waals surface area contributed by atoms with Gasteiger partial charge in [-0.3, -0.25) is 14.4 Å². The number of hydrogen-bond acceptors (Lipinski definition) is 6. The first-order chi connectivity index (χ1) is 16.5. The maximum atomic E-state index is 13.1. The van der Waals surface area contributed by atoms with Gasteiger partial charge >= 0.3 is 5.97 Å². The van der Waals surface area contributed by atoms with Gasteiger partial charge in [0, 0.05) is 17.4 Å². The molecular formula is C27H46N2O6. The molecule has 0 aromatic rings. The lowest BCUT2D eigenvalue weighted by Gasteiger charge is -2.44. The number of nitrogens with one attached hydrogen (secondary N) is 2. The number of rotatable bonds is 10. The molecule has 3 fully saturated rings. The summed E-state index contributed by atoms with van der Waals surface area (Å²) < 4.78 is 17.3. The summed E-state index contributed by atoms with van der Waals surface area (Å²) >= 11 is 0. The van der Waals surface area contributed by atoms with Gasteiger partial charge in [0.05, 0.1) is 19.1 Å². The quantitative estimate of drug-likeness (QED) is 0.445. The smallest absolute Gasteiger partial charge is 0.307 e. The summed E-state index contributed by atoms with van der Waals surface area (Å²) in [4.78, 5) is 38.5. The van der Waals surface area contributed by atoms with Crippen molar-refractivity contribution in [3.05, 3.63) is 0 Å². The Labute approximate surface area is 210 Å². The maximum Gasteiger partial charge on any atom is 0.307 e. The van der Waals surface area contributed by atoms with Gasteiger partial charge in [-0.2, -0.15) is 0 Å². The van der Waals surface area contributed by atoms with Gasteiger partial charge in [0.1, 0.15) is 12.2 Å². The highest BCUT2D eigenvalue weighted by atomic mass is 16.7. The fourth-order valence-corrected chi connectivity index (χ4v) is 5.36. The lowest BCUT2D eigenvalue weighted by molar-refractivity contribution is -0.304. The van der Waals surface area contributed by atoms with Crippen molar-refractivity contribution in [3.63, 3.8) is 0 Å². The van der Waals surface area contributed by atoms with Gasteiger partial charge < -0.3 is 24.8 Å². The molecule has 1 aliphatic heterocycles. The van der Waals surface area contributed by atoms with Crippen LogP contribution in [-0.2, 0) is 28.6 Å². The fraction of sp³-hybridized carbons (Fsp3) is 0.889. The number of hydrogen-bond donors (Lipinski definition) is 2. The monoisotopic (exact) mass is 494 g/mol. The van der Waals surface area contributed by atoms with Crippen LogP contribution in [0, 0.1) is 10.8 Å². The second kappa shape index (κ2) is 11.6. The van der Waals surface area contributed by atoms with Crippen LogP contribution in [0.15, 0.2) is 0 Å². The normalized spacial score (nSPS) is 28.9. The van der Waals surface area contributed by atoms with E-state index in [0.717, 1.165) is 64.2 Å². The highest BCUT2D eigenvalue weighted by Crippen LogP contribution is 2.45. The van der Waals surface area contributed by atoms with Crippen molar-refractivity contribution in [2.75, 3.05) is 13.2 Å². The zero-order chi connectivity index (χ0) is 25.7. The van der Waals surface area contributed by atoms with Crippen LogP contribution in [0.4, 0.5) is 0 Å². The first kappa shape index (κ1) is 27.9. The topological polar surface area (TPSA) is 103 Å². The summed E-state index contributed by atoms with van der Waals surface area (Å²) in [5.74, 6) is -1.29. The Morgan fingerprint density at radius 3 is 2.40 bits per heavy atom. The number of esters is 1. The summed E-state index contributed by atoms with van der Waals surface area (Å²) in [6.07, 6.45) is 8.82. The fourth-order valence-electron chi connectivity index (χ4n) is 5.36. The maximum absolute atomic E-state index is 13.1. The second-order valence-corrected chi connectivity index (χ2v) is 11.8. The van der Waals surface area contributed by atoms with Crippen LogP contribution in [0.2, 0.25) is 0 Å². The molecule has 2 saturated carbocycles. The van der Waals surface area contributed by atoms with E-state index < -0.39 is 17.3 Å². The Kier molecular flexibility index (Phi) is 9.24. The minimum absolute atomic E-state index is 0.0797. The molecule has 8 heteroatoms. The second-order valence-electron chi connectivity index (χ2n) is 11.8. The molecule has 0 radical (unpaired) electrons. The molecule has 3 unspecified atom stereocenters. The molecule has 1 heterocycles. The lowest BCUT2D eigenvalue weighted by atomic mass is 9.65. The van der Waals surface area contributed by atoms with Crippen LogP contribution in [-0.4, -0.2) is 55.0 Å². The molecule has 8 nitrogen and oxygen atoms in total. The summed E-state index contributed by atoms with van der Waals surface area (Å²) in [5.41, 5.74) is -0.691. The predicted octanol–water partition coefficient (Wildman–Crippen LogP) is 4.00. The van der Waals surface area contributed by atoms with E-state index in [9.17, 15) is 14.4 Å². The molecular weight excluding hydrogens is 448 g/mol. The van der Waals surface area contributed by atoms with Gasteiger partial charge in [-0.25, -0.2) is 0 Å². The standard InChI is InChI=1S/C27H46N2O6/c1-6-7-14-27(15-10-16-27)24(32)29-19-11-8-9-12-20(19)34-21(30)13-17-28-23(31)22-25(2,3)18-33-26(4,5)35-22/h19-20,22H,6-18H2,1-5H3,(H,28,31)(H,29,32). The number of carbonyl (C=O) groups is 3. The third-order valence-corrected chi connectivity index (χ3v) is 7.87. The number of carbonyl (C=O) groups excluding carboxylic acids is 3. The Morgan fingerprint density at radius 2 is 1.74 bits per heavy atom. The van der Waals surface area contributed by atoms with Gasteiger partial charge in [0.15, 0.2) is 5.79 Å². The van der Waals surface area contributed by atoms with E-state index in [4.69, 9.17) is 14.2 Å². The summed E-state index contributed by atoms with van der Waals surface area (Å²) in [7, 11) is 0. The Morgan fingerprint density at radius 1 is 1.03 bits per heavy atom. The van der Waals surface area contributed by atoms with E-state index in [1.807, 2.05) is 13.8 Å². The molecule has 1 saturated heterocycles. The van der Waals surface area contributed by atoms with Gasteiger partial charge in [-0.05, 0) is 52.4 Å². The lowest BCUT2D eigenvalue weighted by Crippen LogP contribution is -2.56. The van der Waals surface area contributed by atoms with Crippen LogP contribution in [0.5, 0.6) is 0 Å². The van der Waals surface area contributed by atoms with Gasteiger partial charge in [-0.15, -0.1) is 0 Å². The van der Waals surface area contributed by atoms with E-state index in [-0.39, 0.29) is 48.3 Å². The van der Waals surface area contributed by atoms with Crippen molar-refractivity contribution in [1.82, 2.24) is 10.6 Å². The number of amides is 2. The predicted molar refractivity (Wildman–Crippen MR) is 132 cm³/mol. The molecule has 2 aliphatic carbocycles.